The fraction of sp³-hybridized carbons (Fsp3) is 0.286. The number of pyridine rings is 1. The molecule has 1 nitrogen and oxygen atoms in total. The van der Waals surface area contributed by atoms with Gasteiger partial charge in [0.2, 0.25) is 0 Å². The minimum Gasteiger partial charge on any atom is -0.228 e. The number of nitrogens with zero attached hydrogens (tertiary/aromatic N) is 1. The van der Waals surface area contributed by atoms with E-state index in [-0.39, 0.29) is 6.07 Å². The molecule has 0 saturated heterocycles. The van der Waals surface area contributed by atoms with Crippen molar-refractivity contribution in [3.05, 3.63) is 26.9 Å². The van der Waals surface area contributed by atoms with Gasteiger partial charge >= 0.3 is 6.18 Å². The number of alkyl halides is 5. The Labute approximate surface area is 94.4 Å². The third kappa shape index (κ3) is 2.78. The fourth-order valence-electron chi connectivity index (χ4n) is 0.837. The van der Waals surface area contributed by atoms with Gasteiger partial charge in [-0.1, -0.05) is 11.6 Å². The van der Waals surface area contributed by atoms with Crippen LogP contribution in [0.2, 0.25) is 5.15 Å². The normalized spacial score (nSPS) is 12.3. The molecule has 0 aliphatic carbocycles. The van der Waals surface area contributed by atoms with Crippen LogP contribution in [0.5, 0.6) is 0 Å². The highest BCUT2D eigenvalue weighted by molar-refractivity contribution is 9.10. The van der Waals surface area contributed by atoms with Crippen molar-refractivity contribution in [3.8, 4) is 0 Å². The predicted molar refractivity (Wildman–Crippen MR) is 46.9 cm³/mol. The first-order chi connectivity index (χ1) is 6.73. The topological polar surface area (TPSA) is 12.9 Å². The van der Waals surface area contributed by atoms with Gasteiger partial charge in [-0.15, -0.1) is 0 Å². The lowest BCUT2D eigenvalue weighted by atomic mass is 10.2. The molecule has 15 heavy (non-hydrogen) atoms. The Morgan fingerprint density at radius 3 is 2.27 bits per heavy atom. The summed E-state index contributed by atoms with van der Waals surface area (Å²) in [5.74, 6) is 0. The molecule has 0 atom stereocenters. The Balaban J connectivity index is 3.37. The van der Waals surface area contributed by atoms with Crippen molar-refractivity contribution in [3.63, 3.8) is 0 Å². The van der Waals surface area contributed by atoms with Crippen LogP contribution in [0.3, 0.4) is 0 Å². The quantitative estimate of drug-likeness (QED) is 0.551. The Morgan fingerprint density at radius 2 is 1.87 bits per heavy atom. The molecule has 0 unspecified atom stereocenters. The molecule has 0 aromatic carbocycles. The lowest BCUT2D eigenvalue weighted by Crippen LogP contribution is -2.08. The maximum atomic E-state index is 12.3. The zero-order valence-corrected chi connectivity index (χ0v) is 9.09. The van der Waals surface area contributed by atoms with Gasteiger partial charge in [0, 0.05) is 0 Å². The van der Waals surface area contributed by atoms with Gasteiger partial charge in [0.25, 0.3) is 6.43 Å². The minimum atomic E-state index is -4.75. The highest BCUT2D eigenvalue weighted by atomic mass is 79.9. The van der Waals surface area contributed by atoms with Crippen LogP contribution >= 0.6 is 27.5 Å². The molecule has 0 radical (unpaired) electrons. The van der Waals surface area contributed by atoms with Crippen LogP contribution in [0.25, 0.3) is 0 Å². The molecule has 0 fully saturated rings. The second-order valence-corrected chi connectivity index (χ2v) is 3.61. The molecule has 0 N–H and O–H groups in total. The summed E-state index contributed by atoms with van der Waals surface area (Å²) in [6.07, 6.45) is -7.85. The van der Waals surface area contributed by atoms with Gasteiger partial charge in [-0.25, -0.2) is 13.8 Å². The molecule has 0 amide bonds. The largest absolute Gasteiger partial charge is 0.419 e. The fourth-order valence-corrected chi connectivity index (χ4v) is 1.68. The third-order valence-electron chi connectivity index (χ3n) is 1.50. The third-order valence-corrected chi connectivity index (χ3v) is 2.40. The molecular formula is C7H2BrClF5N. The Morgan fingerprint density at radius 1 is 1.33 bits per heavy atom. The van der Waals surface area contributed by atoms with Crippen molar-refractivity contribution in [2.75, 3.05) is 0 Å². The van der Waals surface area contributed by atoms with Crippen LogP contribution in [0.15, 0.2) is 10.7 Å². The summed E-state index contributed by atoms with van der Waals surface area (Å²) in [5, 5.41) is -0.648. The molecular weight excluding hydrogens is 308 g/mol. The van der Waals surface area contributed by atoms with Gasteiger partial charge < -0.3 is 0 Å². The molecule has 8 heteroatoms. The van der Waals surface area contributed by atoms with Crippen LogP contribution in [0.4, 0.5) is 22.0 Å². The smallest absolute Gasteiger partial charge is 0.228 e. The van der Waals surface area contributed by atoms with E-state index in [1.165, 1.54) is 0 Å². The van der Waals surface area contributed by atoms with Crippen molar-refractivity contribution < 1.29 is 22.0 Å². The molecule has 0 saturated carbocycles. The average molecular weight is 310 g/mol. The number of hydrogen-bond donors (Lipinski definition) is 0. The molecule has 0 bridgehead atoms. The first-order valence-electron chi connectivity index (χ1n) is 3.44. The summed E-state index contributed by atoms with van der Waals surface area (Å²) >= 11 is 7.76. The van der Waals surface area contributed by atoms with E-state index in [0.717, 1.165) is 0 Å². The maximum Gasteiger partial charge on any atom is 0.419 e. The van der Waals surface area contributed by atoms with Crippen LogP contribution in [-0.4, -0.2) is 4.98 Å². The van der Waals surface area contributed by atoms with E-state index in [9.17, 15) is 22.0 Å². The first kappa shape index (κ1) is 12.6. The highest BCUT2D eigenvalue weighted by Gasteiger charge is 2.35. The van der Waals surface area contributed by atoms with E-state index < -0.39 is 33.5 Å². The maximum absolute atomic E-state index is 12.3. The van der Waals surface area contributed by atoms with Gasteiger partial charge in [0.1, 0.15) is 9.76 Å². The summed E-state index contributed by atoms with van der Waals surface area (Å²) in [4.78, 5) is 3.14. The van der Waals surface area contributed by atoms with E-state index in [1.807, 2.05) is 0 Å². The summed E-state index contributed by atoms with van der Waals surface area (Å²) < 4.78 is 60.6. The van der Waals surface area contributed by atoms with Crippen LogP contribution < -0.4 is 0 Å². The van der Waals surface area contributed by atoms with Gasteiger partial charge in [-0.2, -0.15) is 13.2 Å². The number of rotatable bonds is 1. The van der Waals surface area contributed by atoms with Crippen molar-refractivity contribution in [2.45, 2.75) is 12.6 Å². The summed E-state index contributed by atoms with van der Waals surface area (Å²) in [6.45, 7) is 0. The molecule has 1 aromatic heterocycles. The second kappa shape index (κ2) is 4.21. The minimum absolute atomic E-state index is 0.282. The van der Waals surface area contributed by atoms with E-state index in [2.05, 4.69) is 20.9 Å². The van der Waals surface area contributed by atoms with Crippen molar-refractivity contribution in [2.24, 2.45) is 0 Å². The monoisotopic (exact) mass is 309 g/mol. The zero-order chi connectivity index (χ0) is 11.8. The Kier molecular flexibility index (Phi) is 3.55. The highest BCUT2D eigenvalue weighted by Crippen LogP contribution is 2.38. The molecule has 0 aliphatic heterocycles. The predicted octanol–water partition coefficient (Wildman–Crippen LogP) is 4.45. The summed E-state index contributed by atoms with van der Waals surface area (Å²) in [6, 6.07) is 0.282. The van der Waals surface area contributed by atoms with E-state index in [4.69, 9.17) is 11.6 Å². The molecule has 0 aliphatic rings. The summed E-state index contributed by atoms with van der Waals surface area (Å²) in [7, 11) is 0. The second-order valence-electron chi connectivity index (χ2n) is 2.51. The van der Waals surface area contributed by atoms with Crippen molar-refractivity contribution in [1.82, 2.24) is 4.98 Å². The lowest BCUT2D eigenvalue weighted by Gasteiger charge is -2.11. The molecule has 1 heterocycles. The molecule has 0 spiro atoms. The van der Waals surface area contributed by atoms with Crippen molar-refractivity contribution >= 4 is 27.5 Å². The van der Waals surface area contributed by atoms with Gasteiger partial charge in [0.05, 0.1) is 11.1 Å². The van der Waals surface area contributed by atoms with E-state index >= 15 is 0 Å². The first-order valence-corrected chi connectivity index (χ1v) is 4.62. The molecule has 1 rings (SSSR count). The number of aromatic nitrogens is 1. The van der Waals surface area contributed by atoms with Gasteiger partial charge in [-0.05, 0) is 22.0 Å². The molecule has 84 valence electrons. The number of hydrogen-bond acceptors (Lipinski definition) is 1. The standard InChI is InChI=1S/C7H2BrClF5N/c8-4-3(7(12,13)14)1-2(6(10)11)5(9)15-4/h1,6H. The van der Waals surface area contributed by atoms with Gasteiger partial charge in [0.15, 0.2) is 0 Å². The lowest BCUT2D eigenvalue weighted by molar-refractivity contribution is -0.138. The Bertz CT molecular complexity index is 378. The number of halogens is 7. The average Bonchev–Trinajstić information content (AvgIpc) is 2.00. The van der Waals surface area contributed by atoms with E-state index in [0.29, 0.717) is 0 Å². The van der Waals surface area contributed by atoms with Gasteiger partial charge in [-0.3, -0.25) is 0 Å². The SMILES string of the molecule is FC(F)c1cc(C(F)(F)F)c(Br)nc1Cl. The Hall–Kier alpha value is -0.430. The van der Waals surface area contributed by atoms with Crippen LogP contribution in [-0.2, 0) is 6.18 Å². The zero-order valence-electron chi connectivity index (χ0n) is 6.75. The van der Waals surface area contributed by atoms with Crippen LogP contribution in [0, 0.1) is 0 Å². The van der Waals surface area contributed by atoms with Crippen LogP contribution in [0.1, 0.15) is 17.6 Å². The van der Waals surface area contributed by atoms with Crippen molar-refractivity contribution in [1.29, 1.82) is 0 Å². The summed E-state index contributed by atoms with van der Waals surface area (Å²) in [5.41, 5.74) is -2.21. The molecule has 1 aromatic rings. The van der Waals surface area contributed by atoms with E-state index in [1.54, 1.807) is 0 Å².